The van der Waals surface area contributed by atoms with Crippen LogP contribution in [0.15, 0.2) is 18.2 Å². The quantitative estimate of drug-likeness (QED) is 0.640. The van der Waals surface area contributed by atoms with Gasteiger partial charge in [-0.3, -0.25) is 9.69 Å². The maximum atomic E-state index is 13.0. The second kappa shape index (κ2) is 8.59. The van der Waals surface area contributed by atoms with Gasteiger partial charge in [-0.05, 0) is 38.1 Å². The first-order valence-corrected chi connectivity index (χ1v) is 7.20. The molecule has 1 aromatic rings. The number of aliphatic hydroxyl groups is 1. The molecular weight excluding hydrogens is 273 g/mol. The number of amides is 1. The third-order valence-corrected chi connectivity index (χ3v) is 3.38. The first-order valence-electron chi connectivity index (χ1n) is 7.20. The summed E-state index contributed by atoms with van der Waals surface area (Å²) in [7, 11) is 0. The Hall–Kier alpha value is -1.66. The van der Waals surface area contributed by atoms with Gasteiger partial charge < -0.3 is 16.2 Å². The van der Waals surface area contributed by atoms with Gasteiger partial charge in [0.1, 0.15) is 5.82 Å². The van der Waals surface area contributed by atoms with Crippen molar-refractivity contribution >= 4 is 17.3 Å². The molecule has 4 N–H and O–H groups in total. The van der Waals surface area contributed by atoms with Crippen molar-refractivity contribution in [2.45, 2.75) is 32.7 Å². The molecule has 0 saturated heterocycles. The zero-order valence-electron chi connectivity index (χ0n) is 12.6. The van der Waals surface area contributed by atoms with E-state index >= 15 is 0 Å². The van der Waals surface area contributed by atoms with E-state index in [-0.39, 0.29) is 18.2 Å². The number of unbranched alkanes of at least 4 members (excludes halogenated alkanes) is 1. The first-order chi connectivity index (χ1) is 9.99. The number of carbonyl (C=O) groups excluding carboxylic acids is 1. The molecule has 0 heterocycles. The Balaban J connectivity index is 2.71. The van der Waals surface area contributed by atoms with Gasteiger partial charge in [-0.15, -0.1) is 0 Å². The van der Waals surface area contributed by atoms with Gasteiger partial charge >= 0.3 is 0 Å². The molecule has 0 saturated carbocycles. The van der Waals surface area contributed by atoms with Gasteiger partial charge in [0.05, 0.1) is 24.0 Å². The van der Waals surface area contributed by atoms with Crippen molar-refractivity contribution < 1.29 is 14.3 Å². The molecule has 0 radical (unpaired) electrons. The monoisotopic (exact) mass is 297 g/mol. The molecule has 5 nitrogen and oxygen atoms in total. The number of nitrogens with two attached hydrogens (primary N) is 1. The number of hydrogen-bond acceptors (Lipinski definition) is 4. The van der Waals surface area contributed by atoms with Crippen molar-refractivity contribution in [3.63, 3.8) is 0 Å². The summed E-state index contributed by atoms with van der Waals surface area (Å²) < 4.78 is 13.0. The third-order valence-electron chi connectivity index (χ3n) is 3.38. The number of carbonyl (C=O) groups is 1. The smallest absolute Gasteiger partial charge is 0.241 e. The number of nitrogens with one attached hydrogen (secondary N) is 1. The van der Waals surface area contributed by atoms with Crippen LogP contribution in [0.4, 0.5) is 15.8 Å². The fraction of sp³-hybridized carbons (Fsp3) is 0.533. The lowest BCUT2D eigenvalue weighted by Crippen LogP contribution is -2.44. The number of benzene rings is 1. The topological polar surface area (TPSA) is 78.6 Å². The molecule has 1 unspecified atom stereocenters. The normalized spacial score (nSPS) is 12.4. The molecule has 0 aromatic heterocycles. The van der Waals surface area contributed by atoms with Gasteiger partial charge in [-0.25, -0.2) is 4.39 Å². The van der Waals surface area contributed by atoms with Crippen LogP contribution in [0, 0.1) is 5.82 Å². The first kappa shape index (κ1) is 17.4. The molecule has 1 rings (SSSR count). The van der Waals surface area contributed by atoms with Crippen molar-refractivity contribution in [1.29, 1.82) is 0 Å². The molecule has 0 aliphatic carbocycles. The fourth-order valence-electron chi connectivity index (χ4n) is 2.04. The van der Waals surface area contributed by atoms with Crippen molar-refractivity contribution in [3.05, 3.63) is 24.0 Å². The molecule has 118 valence electrons. The van der Waals surface area contributed by atoms with Gasteiger partial charge in [0, 0.05) is 6.54 Å². The van der Waals surface area contributed by atoms with Crippen LogP contribution in [0.1, 0.15) is 26.7 Å². The van der Waals surface area contributed by atoms with Crippen LogP contribution in [-0.2, 0) is 4.79 Å². The Morgan fingerprint density at radius 1 is 1.48 bits per heavy atom. The number of halogens is 1. The highest BCUT2D eigenvalue weighted by Crippen LogP contribution is 2.19. The SMILES string of the molecule is CCCCN(CCO)C(C)C(=O)Nc1ccc(F)cc1N. The van der Waals surface area contributed by atoms with E-state index in [1.54, 1.807) is 6.92 Å². The minimum Gasteiger partial charge on any atom is -0.397 e. The van der Waals surface area contributed by atoms with Gasteiger partial charge in [-0.1, -0.05) is 13.3 Å². The average molecular weight is 297 g/mol. The molecule has 1 aromatic carbocycles. The highest BCUT2D eigenvalue weighted by molar-refractivity contribution is 5.97. The second-order valence-electron chi connectivity index (χ2n) is 5.01. The summed E-state index contributed by atoms with van der Waals surface area (Å²) in [6.45, 7) is 5.03. The van der Waals surface area contributed by atoms with Crippen LogP contribution in [-0.4, -0.2) is 41.7 Å². The van der Waals surface area contributed by atoms with Crippen molar-refractivity contribution in [2.24, 2.45) is 0 Å². The zero-order valence-corrected chi connectivity index (χ0v) is 12.6. The molecule has 0 spiro atoms. The largest absolute Gasteiger partial charge is 0.397 e. The summed E-state index contributed by atoms with van der Waals surface area (Å²) in [6, 6.07) is 3.47. The standard InChI is InChI=1S/C15H24FN3O2/c1-3-4-7-19(8-9-20)11(2)15(21)18-14-6-5-12(16)10-13(14)17/h5-6,10-11,20H,3-4,7-9,17H2,1-2H3,(H,18,21). The minimum atomic E-state index is -0.441. The van der Waals surface area contributed by atoms with Gasteiger partial charge in [-0.2, -0.15) is 0 Å². The Bertz CT molecular complexity index is 468. The molecule has 21 heavy (non-hydrogen) atoms. The second-order valence-corrected chi connectivity index (χ2v) is 5.01. The van der Waals surface area contributed by atoms with Gasteiger partial charge in [0.25, 0.3) is 0 Å². The average Bonchev–Trinajstić information content (AvgIpc) is 2.45. The number of hydrogen-bond donors (Lipinski definition) is 3. The molecule has 1 amide bonds. The van der Waals surface area contributed by atoms with Crippen LogP contribution in [0.3, 0.4) is 0 Å². The summed E-state index contributed by atoms with van der Waals surface area (Å²) in [6.07, 6.45) is 1.97. The van der Waals surface area contributed by atoms with E-state index in [9.17, 15) is 9.18 Å². The lowest BCUT2D eigenvalue weighted by molar-refractivity contribution is -0.120. The fourth-order valence-corrected chi connectivity index (χ4v) is 2.04. The van der Waals surface area contributed by atoms with Crippen LogP contribution >= 0.6 is 0 Å². The van der Waals surface area contributed by atoms with Gasteiger partial charge in [0.2, 0.25) is 5.91 Å². The molecule has 0 fully saturated rings. The van der Waals surface area contributed by atoms with Crippen molar-refractivity contribution in [1.82, 2.24) is 4.90 Å². The van der Waals surface area contributed by atoms with Crippen LogP contribution in [0.25, 0.3) is 0 Å². The number of nitrogens with zero attached hydrogens (tertiary/aromatic N) is 1. The predicted octanol–water partition coefficient (Wildman–Crippen LogP) is 1.83. The number of rotatable bonds is 8. The minimum absolute atomic E-state index is 0.0000212. The molecule has 1 atom stereocenters. The number of anilines is 2. The van der Waals surface area contributed by atoms with Crippen molar-refractivity contribution in [2.75, 3.05) is 30.7 Å². The highest BCUT2D eigenvalue weighted by atomic mass is 19.1. The lowest BCUT2D eigenvalue weighted by atomic mass is 10.2. The molecule has 6 heteroatoms. The van der Waals surface area contributed by atoms with E-state index in [0.717, 1.165) is 19.4 Å². The maximum Gasteiger partial charge on any atom is 0.241 e. The Labute approximate surface area is 124 Å². The van der Waals surface area contributed by atoms with Gasteiger partial charge in [0.15, 0.2) is 0 Å². The van der Waals surface area contributed by atoms with Crippen LogP contribution < -0.4 is 11.1 Å². The van der Waals surface area contributed by atoms with E-state index in [1.165, 1.54) is 18.2 Å². The molecule has 0 aliphatic rings. The zero-order chi connectivity index (χ0) is 15.8. The van der Waals surface area contributed by atoms with Crippen LogP contribution in [0.2, 0.25) is 0 Å². The number of aliphatic hydroxyl groups excluding tert-OH is 1. The summed E-state index contributed by atoms with van der Waals surface area (Å²) in [5.41, 5.74) is 6.26. The Morgan fingerprint density at radius 3 is 2.76 bits per heavy atom. The maximum absolute atomic E-state index is 13.0. The van der Waals surface area contributed by atoms with Crippen molar-refractivity contribution in [3.8, 4) is 0 Å². The molecule has 0 bridgehead atoms. The van der Waals surface area contributed by atoms with E-state index in [1.807, 2.05) is 4.90 Å². The lowest BCUT2D eigenvalue weighted by Gasteiger charge is -2.27. The summed E-state index contributed by atoms with van der Waals surface area (Å²) >= 11 is 0. The van der Waals surface area contributed by atoms with E-state index < -0.39 is 11.9 Å². The molecular formula is C15H24FN3O2. The molecule has 0 aliphatic heterocycles. The highest BCUT2D eigenvalue weighted by Gasteiger charge is 2.21. The predicted molar refractivity (Wildman–Crippen MR) is 82.5 cm³/mol. The summed E-state index contributed by atoms with van der Waals surface area (Å²) in [4.78, 5) is 14.2. The van der Waals surface area contributed by atoms with Crippen LogP contribution in [0.5, 0.6) is 0 Å². The van der Waals surface area contributed by atoms with E-state index in [2.05, 4.69) is 12.2 Å². The third kappa shape index (κ3) is 5.32. The Kier molecular flexibility index (Phi) is 7.11. The summed E-state index contributed by atoms with van der Waals surface area (Å²) in [5, 5.41) is 11.8. The Morgan fingerprint density at radius 2 is 2.19 bits per heavy atom. The number of nitrogen functional groups attached to an aromatic ring is 1. The van der Waals surface area contributed by atoms with E-state index in [4.69, 9.17) is 10.8 Å². The van der Waals surface area contributed by atoms with E-state index in [0.29, 0.717) is 12.2 Å². The summed E-state index contributed by atoms with van der Waals surface area (Å²) in [5.74, 6) is -0.665.